The van der Waals surface area contributed by atoms with Crippen LogP contribution in [0.25, 0.3) is 11.2 Å². The first-order valence-corrected chi connectivity index (χ1v) is 8.51. The molecule has 2 aromatic heterocycles. The van der Waals surface area contributed by atoms with Crippen LogP contribution in [0.2, 0.25) is 0 Å². The summed E-state index contributed by atoms with van der Waals surface area (Å²) in [5.74, 6) is 0. The van der Waals surface area contributed by atoms with Gasteiger partial charge in [0.25, 0.3) is 5.65 Å². The summed E-state index contributed by atoms with van der Waals surface area (Å²) in [6, 6.07) is 1.35. The summed E-state index contributed by atoms with van der Waals surface area (Å²) in [4.78, 5) is 32.3. The molecule has 0 radical (unpaired) electrons. The van der Waals surface area contributed by atoms with E-state index in [0.29, 0.717) is 11.2 Å². The van der Waals surface area contributed by atoms with Crippen molar-refractivity contribution in [1.29, 1.82) is 0 Å². The van der Waals surface area contributed by atoms with Gasteiger partial charge in [-0.25, -0.2) is 9.13 Å². The van der Waals surface area contributed by atoms with Crippen molar-refractivity contribution in [3.63, 3.8) is 0 Å². The van der Waals surface area contributed by atoms with E-state index in [2.05, 4.69) is 9.51 Å². The highest BCUT2D eigenvalue weighted by atomic mass is 31.2. The normalized spacial score (nSPS) is 27.9. The molecule has 0 spiro atoms. The third kappa shape index (κ3) is 3.03. The third-order valence-corrected chi connectivity index (χ3v) is 4.32. The number of pyridine rings is 1. The van der Waals surface area contributed by atoms with Crippen molar-refractivity contribution >= 4 is 19.0 Å². The number of fused-ring (bicyclic) bond motifs is 1. The summed E-state index contributed by atoms with van der Waals surface area (Å²) in [5, 5.41) is 20.2. The highest BCUT2D eigenvalue weighted by molar-refractivity contribution is 7.46. The van der Waals surface area contributed by atoms with Crippen molar-refractivity contribution in [2.24, 2.45) is 7.05 Å². The lowest BCUT2D eigenvalue weighted by Crippen LogP contribution is -2.46. The van der Waals surface area contributed by atoms with Crippen LogP contribution >= 0.6 is 7.82 Å². The molecule has 3 heterocycles. The quantitative estimate of drug-likeness (QED) is 0.305. The zero-order chi connectivity index (χ0) is 17.6. The van der Waals surface area contributed by atoms with Crippen molar-refractivity contribution in [2.45, 2.75) is 24.5 Å². The fraction of sp³-hybridized carbons (Fsp3) is 0.500. The number of H-pyrrole nitrogens is 1. The van der Waals surface area contributed by atoms with Gasteiger partial charge in [-0.15, -0.1) is 0 Å². The molecule has 5 N–H and O–H groups in total. The van der Waals surface area contributed by atoms with Gasteiger partial charge in [0.2, 0.25) is 17.2 Å². The Kier molecular flexibility index (Phi) is 4.34. The Morgan fingerprint density at radius 3 is 2.79 bits per heavy atom. The molecule has 11 nitrogen and oxygen atoms in total. The topological polar surface area (TPSA) is 158 Å². The number of aryl methyl sites for hydroxylation is 1. The second kappa shape index (κ2) is 6.05. The van der Waals surface area contributed by atoms with Crippen LogP contribution in [-0.4, -0.2) is 54.5 Å². The highest BCUT2D eigenvalue weighted by Gasteiger charge is 2.47. The number of aliphatic hydroxyl groups is 2. The Balaban J connectivity index is 1.92. The van der Waals surface area contributed by atoms with Crippen molar-refractivity contribution in [3.05, 3.63) is 28.8 Å². The number of hydrogen-bond donors (Lipinski definition) is 5. The first-order chi connectivity index (χ1) is 11.2. The smallest absolute Gasteiger partial charge is 0.387 e. The molecule has 2 aromatic rings. The van der Waals surface area contributed by atoms with E-state index < -0.39 is 39.0 Å². The fourth-order valence-corrected chi connectivity index (χ4v) is 3.10. The number of phosphoric ester groups is 1. The lowest BCUT2D eigenvalue weighted by molar-refractivity contribution is -0.745. The number of ether oxygens (including phenoxy) is 1. The van der Waals surface area contributed by atoms with Gasteiger partial charge in [-0.1, -0.05) is 0 Å². The standard InChI is InChI=1S/C12H16N3O8P/c1-14-5-15(11-8(14)6(16)2-3-13-11)12-10(18)9(17)7(23-12)4-22-24(19,20)21/h2-3,5,7,9-10,12,17-18H,4H2,1H3,(H2-,13,16,19,20,21)/p+1/t7-,9-,10?,12-/m1/s1. The van der Waals surface area contributed by atoms with Gasteiger partial charge < -0.3 is 24.7 Å². The Morgan fingerprint density at radius 1 is 1.42 bits per heavy atom. The van der Waals surface area contributed by atoms with Crippen molar-refractivity contribution < 1.29 is 38.4 Å². The third-order valence-electron chi connectivity index (χ3n) is 3.84. The van der Waals surface area contributed by atoms with Crippen LogP contribution in [0.15, 0.2) is 23.4 Å². The molecule has 0 aliphatic carbocycles. The summed E-state index contributed by atoms with van der Waals surface area (Å²) >= 11 is 0. The van der Waals surface area contributed by atoms with Gasteiger partial charge in [0.15, 0.2) is 6.33 Å². The largest absolute Gasteiger partial charge is 0.469 e. The molecule has 1 unspecified atom stereocenters. The zero-order valence-electron chi connectivity index (χ0n) is 12.5. The van der Waals surface area contributed by atoms with Gasteiger partial charge in [0, 0.05) is 6.07 Å². The van der Waals surface area contributed by atoms with E-state index in [1.54, 1.807) is 7.05 Å². The SMILES string of the molecule is Cn1c[n+]([C@@H]2O[C@H](COP(=O)(O)O)[C@@H](O)C2O)c2[nH]ccc(=O)c21. The maximum Gasteiger partial charge on any atom is 0.469 e. The monoisotopic (exact) mass is 362 g/mol. The molecule has 1 fully saturated rings. The van der Waals surface area contributed by atoms with Gasteiger partial charge in [-0.05, 0) is 0 Å². The van der Waals surface area contributed by atoms with E-state index in [1.165, 1.54) is 27.7 Å². The Bertz CT molecular complexity index is 858. The van der Waals surface area contributed by atoms with Gasteiger partial charge in [0.1, 0.15) is 18.3 Å². The molecule has 0 bridgehead atoms. The molecule has 1 aliphatic heterocycles. The number of aromatic nitrogens is 3. The van der Waals surface area contributed by atoms with Crippen LogP contribution in [-0.2, 0) is 20.9 Å². The van der Waals surface area contributed by atoms with Crippen LogP contribution in [0.4, 0.5) is 0 Å². The first-order valence-electron chi connectivity index (χ1n) is 6.98. The lowest BCUT2D eigenvalue weighted by atomic mass is 10.1. The fourth-order valence-electron chi connectivity index (χ4n) is 2.76. The van der Waals surface area contributed by atoms with Crippen LogP contribution in [0.5, 0.6) is 0 Å². The maximum atomic E-state index is 11.9. The summed E-state index contributed by atoms with van der Waals surface area (Å²) < 4.78 is 23.6. The molecule has 132 valence electrons. The summed E-state index contributed by atoms with van der Waals surface area (Å²) in [6.45, 7) is -0.596. The van der Waals surface area contributed by atoms with Crippen molar-refractivity contribution in [3.8, 4) is 0 Å². The predicted molar refractivity (Wildman–Crippen MR) is 77.7 cm³/mol. The van der Waals surface area contributed by atoms with Gasteiger partial charge in [0.05, 0.1) is 19.9 Å². The van der Waals surface area contributed by atoms with Crippen LogP contribution in [0, 0.1) is 0 Å². The summed E-state index contributed by atoms with van der Waals surface area (Å²) in [7, 11) is -3.09. The first kappa shape index (κ1) is 17.2. The number of imidazole rings is 1. The molecule has 0 amide bonds. The van der Waals surface area contributed by atoms with E-state index in [4.69, 9.17) is 14.5 Å². The number of phosphoric acid groups is 1. The van der Waals surface area contributed by atoms with E-state index in [-0.39, 0.29) is 5.43 Å². The van der Waals surface area contributed by atoms with Crippen molar-refractivity contribution in [2.75, 3.05) is 6.61 Å². The van der Waals surface area contributed by atoms with Gasteiger partial charge in [-0.2, -0.15) is 0 Å². The Hall–Kier alpha value is -1.59. The summed E-state index contributed by atoms with van der Waals surface area (Å²) in [6.07, 6.45) is -2.06. The highest BCUT2D eigenvalue weighted by Crippen LogP contribution is 2.37. The molecule has 4 atom stereocenters. The van der Waals surface area contributed by atoms with E-state index in [1.807, 2.05) is 0 Å². The van der Waals surface area contributed by atoms with Gasteiger partial charge >= 0.3 is 7.82 Å². The zero-order valence-corrected chi connectivity index (χ0v) is 13.4. The Morgan fingerprint density at radius 2 is 2.12 bits per heavy atom. The number of aromatic amines is 1. The molecule has 1 aliphatic rings. The number of hydrogen-bond acceptors (Lipinski definition) is 6. The number of nitrogens with one attached hydrogen (secondary N) is 1. The van der Waals surface area contributed by atoms with Gasteiger partial charge in [-0.3, -0.25) is 18.9 Å². The average molecular weight is 362 g/mol. The van der Waals surface area contributed by atoms with E-state index >= 15 is 0 Å². The minimum atomic E-state index is -4.73. The number of nitrogens with zero attached hydrogens (tertiary/aromatic N) is 2. The average Bonchev–Trinajstić information content (AvgIpc) is 2.96. The minimum Gasteiger partial charge on any atom is -0.387 e. The van der Waals surface area contributed by atoms with Crippen LogP contribution in [0.1, 0.15) is 6.23 Å². The molecule has 3 rings (SSSR count). The molecular weight excluding hydrogens is 345 g/mol. The molecular formula is C12H17N3O8P+. The van der Waals surface area contributed by atoms with E-state index in [9.17, 15) is 19.6 Å². The molecule has 12 heteroatoms. The summed E-state index contributed by atoms with van der Waals surface area (Å²) in [5.41, 5.74) is 0.481. The lowest BCUT2D eigenvalue weighted by Gasteiger charge is -2.14. The second-order valence-electron chi connectivity index (χ2n) is 5.51. The molecule has 24 heavy (non-hydrogen) atoms. The van der Waals surface area contributed by atoms with Crippen molar-refractivity contribution in [1.82, 2.24) is 9.55 Å². The number of aliphatic hydroxyl groups excluding tert-OH is 2. The molecule has 0 aromatic carbocycles. The second-order valence-corrected chi connectivity index (χ2v) is 6.74. The number of rotatable bonds is 4. The predicted octanol–water partition coefficient (Wildman–Crippen LogP) is -2.12. The Labute approximate surface area is 134 Å². The van der Waals surface area contributed by atoms with Crippen LogP contribution in [0.3, 0.4) is 0 Å². The molecule has 1 saturated heterocycles. The van der Waals surface area contributed by atoms with E-state index in [0.717, 1.165) is 0 Å². The maximum absolute atomic E-state index is 11.9. The minimum absolute atomic E-state index is 0.237. The van der Waals surface area contributed by atoms with Crippen LogP contribution < -0.4 is 10.00 Å². The molecule has 0 saturated carbocycles.